The zero-order chi connectivity index (χ0) is 26.1. The van der Waals surface area contributed by atoms with Crippen molar-refractivity contribution in [2.45, 2.75) is 40.3 Å². The lowest BCUT2D eigenvalue weighted by molar-refractivity contribution is -0.113. The van der Waals surface area contributed by atoms with Gasteiger partial charge in [0.2, 0.25) is 5.95 Å². The maximum Gasteiger partial charge on any atom is 0.255 e. The zero-order valence-electron chi connectivity index (χ0n) is 21.0. The van der Waals surface area contributed by atoms with Crippen molar-refractivity contribution in [2.75, 3.05) is 10.6 Å². The van der Waals surface area contributed by atoms with Crippen molar-refractivity contribution >= 4 is 33.5 Å². The van der Waals surface area contributed by atoms with E-state index in [1.807, 2.05) is 69.3 Å². The summed E-state index contributed by atoms with van der Waals surface area (Å²) in [7, 11) is 0. The summed E-state index contributed by atoms with van der Waals surface area (Å²) in [6, 6.07) is 19.3. The molecule has 0 saturated heterocycles. The summed E-state index contributed by atoms with van der Waals surface area (Å²) in [4.78, 5) is 13.8. The van der Waals surface area contributed by atoms with Crippen molar-refractivity contribution in [3.05, 3.63) is 104 Å². The standard InChI is InChI=1S/C28H27BrN6O2/c1-16-5-8-20(9-6-16)15-37-24-12-10-21(29)14-22(24)26-25(19(4)30-28-32-33-34-35(26)28)27(36)31-23-11-7-17(2)13-18(23)3/h5-14,26H,15H2,1-4H3,(H,31,36)(H,30,32,34). The molecule has 1 aromatic heterocycles. The highest BCUT2D eigenvalue weighted by Gasteiger charge is 2.36. The molecular formula is C28H27BrN6O2. The molecule has 1 aliphatic rings. The second-order valence-corrected chi connectivity index (χ2v) is 10.2. The third-order valence-electron chi connectivity index (χ3n) is 6.37. The van der Waals surface area contributed by atoms with Gasteiger partial charge in [0.1, 0.15) is 18.4 Å². The van der Waals surface area contributed by atoms with Crippen LogP contribution in [0, 0.1) is 20.8 Å². The molecule has 0 aliphatic carbocycles. The van der Waals surface area contributed by atoms with Crippen LogP contribution in [-0.2, 0) is 11.4 Å². The van der Waals surface area contributed by atoms with E-state index in [0.717, 1.165) is 32.4 Å². The summed E-state index contributed by atoms with van der Waals surface area (Å²) in [5.74, 6) is 0.851. The SMILES string of the molecule is CC1=C(C(=O)Nc2ccc(C)cc2C)C(c2cc(Br)ccc2OCc2ccc(C)cc2)n2nnnc2N1. The Morgan fingerprint density at radius 1 is 1.03 bits per heavy atom. The van der Waals surface area contributed by atoms with Crippen molar-refractivity contribution in [1.29, 1.82) is 0 Å². The molecule has 0 bridgehead atoms. The van der Waals surface area contributed by atoms with E-state index >= 15 is 0 Å². The smallest absolute Gasteiger partial charge is 0.255 e. The van der Waals surface area contributed by atoms with Crippen LogP contribution in [0.15, 0.2) is 76.4 Å². The van der Waals surface area contributed by atoms with E-state index in [-0.39, 0.29) is 5.91 Å². The van der Waals surface area contributed by atoms with E-state index in [2.05, 4.69) is 61.1 Å². The molecule has 0 spiro atoms. The second kappa shape index (κ2) is 10.2. The second-order valence-electron chi connectivity index (χ2n) is 9.24. The number of tetrazole rings is 1. The molecular weight excluding hydrogens is 532 g/mol. The number of halogens is 1. The number of fused-ring (bicyclic) bond motifs is 1. The molecule has 0 radical (unpaired) electrons. The van der Waals surface area contributed by atoms with Crippen molar-refractivity contribution in [1.82, 2.24) is 20.2 Å². The van der Waals surface area contributed by atoms with Gasteiger partial charge < -0.3 is 15.4 Å². The predicted octanol–water partition coefficient (Wildman–Crippen LogP) is 5.87. The fourth-order valence-electron chi connectivity index (χ4n) is 4.45. The molecule has 9 heteroatoms. The molecule has 0 saturated carbocycles. The molecule has 4 aromatic rings. The van der Waals surface area contributed by atoms with Crippen molar-refractivity contribution in [3.63, 3.8) is 0 Å². The number of rotatable bonds is 6. The topological polar surface area (TPSA) is 94.0 Å². The Morgan fingerprint density at radius 2 is 1.78 bits per heavy atom. The minimum Gasteiger partial charge on any atom is -0.489 e. The number of aromatic nitrogens is 4. The lowest BCUT2D eigenvalue weighted by atomic mass is 9.94. The van der Waals surface area contributed by atoms with Gasteiger partial charge in [0.25, 0.3) is 5.91 Å². The summed E-state index contributed by atoms with van der Waals surface area (Å²) < 4.78 is 8.77. The van der Waals surface area contributed by atoms with Crippen LogP contribution in [0.4, 0.5) is 11.6 Å². The normalized spacial score (nSPS) is 14.7. The maximum absolute atomic E-state index is 13.8. The highest BCUT2D eigenvalue weighted by atomic mass is 79.9. The first-order valence-electron chi connectivity index (χ1n) is 11.9. The van der Waals surface area contributed by atoms with Crippen LogP contribution < -0.4 is 15.4 Å². The molecule has 37 heavy (non-hydrogen) atoms. The van der Waals surface area contributed by atoms with Gasteiger partial charge in [-0.1, -0.05) is 68.6 Å². The summed E-state index contributed by atoms with van der Waals surface area (Å²) >= 11 is 3.59. The van der Waals surface area contributed by atoms with Crippen LogP contribution in [-0.4, -0.2) is 26.1 Å². The summed E-state index contributed by atoms with van der Waals surface area (Å²) in [5.41, 5.74) is 7.04. The van der Waals surface area contributed by atoms with Crippen LogP contribution in [0.5, 0.6) is 5.75 Å². The molecule has 188 valence electrons. The predicted molar refractivity (Wildman–Crippen MR) is 146 cm³/mol. The number of carbonyl (C=O) groups is 1. The monoisotopic (exact) mass is 558 g/mol. The van der Waals surface area contributed by atoms with Crippen LogP contribution in [0.3, 0.4) is 0 Å². The van der Waals surface area contributed by atoms with Gasteiger partial charge in [-0.25, -0.2) is 0 Å². The Labute approximate surface area is 223 Å². The van der Waals surface area contributed by atoms with Crippen LogP contribution in [0.2, 0.25) is 0 Å². The van der Waals surface area contributed by atoms with Crippen molar-refractivity contribution in [2.24, 2.45) is 0 Å². The molecule has 8 nitrogen and oxygen atoms in total. The van der Waals surface area contributed by atoms with Gasteiger partial charge in [0, 0.05) is 21.4 Å². The first-order chi connectivity index (χ1) is 17.8. The van der Waals surface area contributed by atoms with Gasteiger partial charge in [-0.05, 0) is 73.5 Å². The molecule has 1 atom stereocenters. The molecule has 0 fully saturated rings. The average molecular weight is 559 g/mol. The van der Waals surface area contributed by atoms with Gasteiger partial charge in [0.15, 0.2) is 0 Å². The van der Waals surface area contributed by atoms with Gasteiger partial charge in [-0.2, -0.15) is 4.68 Å². The number of anilines is 2. The van der Waals surface area contributed by atoms with E-state index in [4.69, 9.17) is 4.74 Å². The van der Waals surface area contributed by atoms with Crippen LogP contribution in [0.1, 0.15) is 40.8 Å². The third-order valence-corrected chi connectivity index (χ3v) is 6.86. The van der Waals surface area contributed by atoms with Crippen molar-refractivity contribution < 1.29 is 9.53 Å². The molecule has 1 unspecified atom stereocenters. The fraction of sp³-hybridized carbons (Fsp3) is 0.214. The van der Waals surface area contributed by atoms with Crippen LogP contribution >= 0.6 is 15.9 Å². The fourth-order valence-corrected chi connectivity index (χ4v) is 4.83. The number of hydrogen-bond donors (Lipinski definition) is 2. The van der Waals surface area contributed by atoms with Gasteiger partial charge >= 0.3 is 0 Å². The minimum absolute atomic E-state index is 0.243. The van der Waals surface area contributed by atoms with E-state index in [1.54, 1.807) is 4.68 Å². The largest absolute Gasteiger partial charge is 0.489 e. The summed E-state index contributed by atoms with van der Waals surface area (Å²) in [6.07, 6.45) is 0. The summed E-state index contributed by atoms with van der Waals surface area (Å²) in [5, 5.41) is 18.5. The molecule has 2 N–H and O–H groups in total. The lowest BCUT2D eigenvalue weighted by Crippen LogP contribution is -2.32. The number of allylic oxidation sites excluding steroid dienone is 1. The Kier molecular flexibility index (Phi) is 6.80. The molecule has 1 aliphatic heterocycles. The number of benzene rings is 3. The number of hydrogen-bond acceptors (Lipinski definition) is 6. The number of ether oxygens (including phenoxy) is 1. The molecule has 3 aromatic carbocycles. The van der Waals surface area contributed by atoms with Crippen LogP contribution in [0.25, 0.3) is 0 Å². The minimum atomic E-state index is -0.609. The van der Waals surface area contributed by atoms with E-state index in [9.17, 15) is 4.79 Å². The van der Waals surface area contributed by atoms with Gasteiger partial charge in [0.05, 0.1) is 5.57 Å². The lowest BCUT2D eigenvalue weighted by Gasteiger charge is -2.29. The van der Waals surface area contributed by atoms with Crippen molar-refractivity contribution in [3.8, 4) is 5.75 Å². The Balaban J connectivity index is 1.54. The van der Waals surface area contributed by atoms with Gasteiger partial charge in [-0.15, -0.1) is 0 Å². The molecule has 1 amide bonds. The van der Waals surface area contributed by atoms with Gasteiger partial charge in [-0.3, -0.25) is 4.79 Å². The highest BCUT2D eigenvalue weighted by molar-refractivity contribution is 9.10. The average Bonchev–Trinajstić information content (AvgIpc) is 3.33. The Morgan fingerprint density at radius 3 is 2.54 bits per heavy atom. The zero-order valence-corrected chi connectivity index (χ0v) is 22.6. The number of amides is 1. The maximum atomic E-state index is 13.8. The Bertz CT molecular complexity index is 1510. The number of carbonyl (C=O) groups excluding carboxylic acids is 1. The quantitative estimate of drug-likeness (QED) is 0.307. The number of aryl methyl sites for hydroxylation is 3. The third kappa shape index (κ3) is 5.13. The summed E-state index contributed by atoms with van der Waals surface area (Å²) in [6.45, 7) is 8.29. The van der Waals surface area contributed by atoms with E-state index in [1.165, 1.54) is 5.56 Å². The molecule has 5 rings (SSSR count). The number of nitrogens with one attached hydrogen (secondary N) is 2. The Hall–Kier alpha value is -3.98. The highest BCUT2D eigenvalue weighted by Crippen LogP contribution is 2.40. The number of nitrogens with zero attached hydrogens (tertiary/aromatic N) is 4. The van der Waals surface area contributed by atoms with E-state index in [0.29, 0.717) is 29.6 Å². The first-order valence-corrected chi connectivity index (χ1v) is 12.7. The first kappa shape index (κ1) is 24.7. The van der Waals surface area contributed by atoms with E-state index < -0.39 is 6.04 Å². The molecule has 2 heterocycles.